The number of anilines is 2. The normalized spacial score (nSPS) is 21.9. The van der Waals surface area contributed by atoms with E-state index in [2.05, 4.69) is 10.3 Å². The van der Waals surface area contributed by atoms with Gasteiger partial charge in [0.15, 0.2) is 0 Å². The van der Waals surface area contributed by atoms with Crippen molar-refractivity contribution in [3.8, 4) is 0 Å². The number of nitrogen functional groups attached to an aromatic ring is 1. The van der Waals surface area contributed by atoms with Gasteiger partial charge in [-0.15, -0.1) is 0 Å². The van der Waals surface area contributed by atoms with E-state index in [0.29, 0.717) is 11.9 Å². The van der Waals surface area contributed by atoms with Crippen molar-refractivity contribution >= 4 is 11.5 Å². The van der Waals surface area contributed by atoms with Crippen molar-refractivity contribution in [3.63, 3.8) is 0 Å². The third-order valence-electron chi connectivity index (χ3n) is 2.32. The van der Waals surface area contributed by atoms with Crippen LogP contribution in [0.5, 0.6) is 0 Å². The molecule has 76 valence electrons. The molecule has 14 heavy (non-hydrogen) atoms. The Balaban J connectivity index is 1.92. The van der Waals surface area contributed by atoms with E-state index in [9.17, 15) is 0 Å². The Kier molecular flexibility index (Phi) is 2.84. The molecule has 1 saturated heterocycles. The number of hydrogen-bond acceptors (Lipinski definition) is 4. The van der Waals surface area contributed by atoms with Crippen LogP contribution < -0.4 is 11.1 Å². The van der Waals surface area contributed by atoms with E-state index in [-0.39, 0.29) is 0 Å². The Bertz CT molecular complexity index is 280. The Labute approximate surface area is 83.5 Å². The van der Waals surface area contributed by atoms with Crippen LogP contribution in [0, 0.1) is 0 Å². The smallest absolute Gasteiger partial charge is 0.123 e. The van der Waals surface area contributed by atoms with E-state index < -0.39 is 0 Å². The van der Waals surface area contributed by atoms with Crippen LogP contribution in [-0.2, 0) is 4.74 Å². The lowest BCUT2D eigenvalue weighted by atomic mass is 10.1. The number of aromatic nitrogens is 1. The molecule has 0 bridgehead atoms. The van der Waals surface area contributed by atoms with Crippen molar-refractivity contribution in [1.82, 2.24) is 4.98 Å². The van der Waals surface area contributed by atoms with Gasteiger partial charge in [0.2, 0.25) is 0 Å². The highest BCUT2D eigenvalue weighted by molar-refractivity contribution is 5.46. The number of rotatable bonds is 2. The fraction of sp³-hybridized carbons (Fsp3) is 0.500. The third-order valence-corrected chi connectivity index (χ3v) is 2.32. The molecule has 1 unspecified atom stereocenters. The second-order valence-corrected chi connectivity index (χ2v) is 3.53. The highest BCUT2D eigenvalue weighted by Crippen LogP contribution is 2.13. The molecule has 1 fully saturated rings. The maximum Gasteiger partial charge on any atom is 0.123 e. The number of hydrogen-bond donors (Lipinski definition) is 2. The van der Waals surface area contributed by atoms with Gasteiger partial charge in [-0.1, -0.05) is 0 Å². The van der Waals surface area contributed by atoms with Crippen LogP contribution in [0.25, 0.3) is 0 Å². The van der Waals surface area contributed by atoms with Crippen molar-refractivity contribution in [2.24, 2.45) is 0 Å². The summed E-state index contributed by atoms with van der Waals surface area (Å²) in [6.45, 7) is 1.67. The molecule has 1 aromatic heterocycles. The molecule has 0 saturated carbocycles. The first-order valence-corrected chi connectivity index (χ1v) is 4.90. The van der Waals surface area contributed by atoms with Crippen LogP contribution in [0.3, 0.4) is 0 Å². The largest absolute Gasteiger partial charge is 0.384 e. The van der Waals surface area contributed by atoms with E-state index in [1.54, 1.807) is 12.3 Å². The molecule has 0 aromatic carbocycles. The second kappa shape index (κ2) is 4.28. The molecule has 4 nitrogen and oxygen atoms in total. The molecule has 4 heteroatoms. The molecule has 0 radical (unpaired) electrons. The van der Waals surface area contributed by atoms with Crippen LogP contribution in [0.1, 0.15) is 12.8 Å². The molecule has 2 heterocycles. The maximum atomic E-state index is 5.50. The van der Waals surface area contributed by atoms with Crippen LogP contribution in [-0.4, -0.2) is 24.2 Å². The van der Waals surface area contributed by atoms with Gasteiger partial charge in [0.05, 0.1) is 18.5 Å². The summed E-state index contributed by atoms with van der Waals surface area (Å²) < 4.78 is 5.37. The van der Waals surface area contributed by atoms with Gasteiger partial charge >= 0.3 is 0 Å². The van der Waals surface area contributed by atoms with Gasteiger partial charge in [0, 0.05) is 12.6 Å². The monoisotopic (exact) mass is 193 g/mol. The minimum Gasteiger partial charge on any atom is -0.384 e. The highest BCUT2D eigenvalue weighted by atomic mass is 16.5. The average Bonchev–Trinajstić information content (AvgIpc) is 2.23. The summed E-state index contributed by atoms with van der Waals surface area (Å²) in [6, 6.07) is 4.15. The second-order valence-electron chi connectivity index (χ2n) is 3.53. The standard InChI is InChI=1S/C10H15N3O/c11-10-4-3-8(6-12-10)13-9-2-1-5-14-7-9/h3-4,6,9,13H,1-2,5,7H2,(H2,11,12). The number of nitrogens with zero attached hydrogens (tertiary/aromatic N) is 1. The lowest BCUT2D eigenvalue weighted by Crippen LogP contribution is -2.29. The number of ether oxygens (including phenoxy) is 1. The summed E-state index contributed by atoms with van der Waals surface area (Å²) in [6.07, 6.45) is 4.04. The van der Waals surface area contributed by atoms with Gasteiger partial charge in [0.25, 0.3) is 0 Å². The summed E-state index contributed by atoms with van der Waals surface area (Å²) >= 11 is 0. The first kappa shape index (κ1) is 9.27. The Hall–Kier alpha value is -1.29. The van der Waals surface area contributed by atoms with Gasteiger partial charge in [-0.05, 0) is 25.0 Å². The SMILES string of the molecule is Nc1ccc(NC2CCCOC2)cn1. The molecular formula is C10H15N3O. The Morgan fingerprint density at radius 3 is 3.07 bits per heavy atom. The molecule has 3 N–H and O–H groups in total. The van der Waals surface area contributed by atoms with Crippen molar-refractivity contribution in [3.05, 3.63) is 18.3 Å². The van der Waals surface area contributed by atoms with E-state index in [0.717, 1.165) is 31.7 Å². The highest BCUT2D eigenvalue weighted by Gasteiger charge is 2.12. The quantitative estimate of drug-likeness (QED) is 0.742. The number of nitrogens with one attached hydrogen (secondary N) is 1. The van der Waals surface area contributed by atoms with Crippen molar-refractivity contribution in [1.29, 1.82) is 0 Å². The predicted octanol–water partition coefficient (Wildman–Crippen LogP) is 1.25. The molecule has 0 aliphatic carbocycles. The van der Waals surface area contributed by atoms with Crippen LogP contribution in [0.2, 0.25) is 0 Å². The van der Waals surface area contributed by atoms with E-state index in [1.165, 1.54) is 0 Å². The molecule has 1 aliphatic heterocycles. The zero-order valence-corrected chi connectivity index (χ0v) is 8.07. The Morgan fingerprint density at radius 1 is 1.50 bits per heavy atom. The summed E-state index contributed by atoms with van der Waals surface area (Å²) in [5.41, 5.74) is 6.51. The minimum absolute atomic E-state index is 0.411. The zero-order valence-electron chi connectivity index (χ0n) is 8.07. The first-order chi connectivity index (χ1) is 6.84. The molecule has 2 rings (SSSR count). The molecule has 1 atom stereocenters. The average molecular weight is 193 g/mol. The lowest BCUT2D eigenvalue weighted by molar-refractivity contribution is 0.0876. The van der Waals surface area contributed by atoms with Crippen LogP contribution in [0.15, 0.2) is 18.3 Å². The predicted molar refractivity (Wildman–Crippen MR) is 56.1 cm³/mol. The summed E-state index contributed by atoms with van der Waals surface area (Å²) in [5.74, 6) is 0.551. The molecule has 0 spiro atoms. The zero-order chi connectivity index (χ0) is 9.80. The molecular weight excluding hydrogens is 178 g/mol. The maximum absolute atomic E-state index is 5.50. The third kappa shape index (κ3) is 2.35. The topological polar surface area (TPSA) is 60.2 Å². The van der Waals surface area contributed by atoms with Gasteiger partial charge in [0.1, 0.15) is 5.82 Å². The van der Waals surface area contributed by atoms with E-state index in [4.69, 9.17) is 10.5 Å². The van der Waals surface area contributed by atoms with Gasteiger partial charge in [-0.2, -0.15) is 0 Å². The fourth-order valence-electron chi connectivity index (χ4n) is 1.58. The lowest BCUT2D eigenvalue weighted by Gasteiger charge is -2.23. The molecule has 1 aliphatic rings. The fourth-order valence-corrected chi connectivity index (χ4v) is 1.58. The summed E-state index contributed by atoms with van der Waals surface area (Å²) in [7, 11) is 0. The molecule has 0 amide bonds. The first-order valence-electron chi connectivity index (χ1n) is 4.90. The van der Waals surface area contributed by atoms with E-state index >= 15 is 0 Å². The molecule has 1 aromatic rings. The van der Waals surface area contributed by atoms with Crippen molar-refractivity contribution < 1.29 is 4.74 Å². The summed E-state index contributed by atoms with van der Waals surface area (Å²) in [5, 5.41) is 3.36. The van der Waals surface area contributed by atoms with Crippen molar-refractivity contribution in [2.45, 2.75) is 18.9 Å². The van der Waals surface area contributed by atoms with E-state index in [1.807, 2.05) is 6.07 Å². The van der Waals surface area contributed by atoms with Gasteiger partial charge < -0.3 is 15.8 Å². The van der Waals surface area contributed by atoms with Crippen molar-refractivity contribution in [2.75, 3.05) is 24.3 Å². The minimum atomic E-state index is 0.411. The number of nitrogens with two attached hydrogens (primary N) is 1. The van der Waals surface area contributed by atoms with Crippen LogP contribution >= 0.6 is 0 Å². The van der Waals surface area contributed by atoms with Gasteiger partial charge in [-0.25, -0.2) is 4.98 Å². The van der Waals surface area contributed by atoms with Crippen LogP contribution in [0.4, 0.5) is 11.5 Å². The Morgan fingerprint density at radius 2 is 2.43 bits per heavy atom. The van der Waals surface area contributed by atoms with Gasteiger partial charge in [-0.3, -0.25) is 0 Å². The summed E-state index contributed by atoms with van der Waals surface area (Å²) in [4.78, 5) is 4.02. The number of pyridine rings is 1.